The highest BCUT2D eigenvalue weighted by atomic mass is 16.6. The van der Waals surface area contributed by atoms with Crippen molar-refractivity contribution in [1.29, 1.82) is 0 Å². The van der Waals surface area contributed by atoms with Crippen LogP contribution in [-0.4, -0.2) is 42.8 Å². The van der Waals surface area contributed by atoms with Crippen LogP contribution < -0.4 is 0 Å². The monoisotopic (exact) mass is 439 g/mol. The van der Waals surface area contributed by atoms with Gasteiger partial charge >= 0.3 is 12.1 Å². The lowest BCUT2D eigenvalue weighted by Crippen LogP contribution is -2.49. The van der Waals surface area contributed by atoms with Crippen molar-refractivity contribution >= 4 is 12.1 Å². The first-order chi connectivity index (χ1) is 15.2. The molecule has 1 heterocycles. The Balaban J connectivity index is 2.11. The Kier molecular flexibility index (Phi) is 17.4. The smallest absolute Gasteiger partial charge is 0.410 e. The normalized spacial score (nSPS) is 16.3. The number of hydrogen-bond donors (Lipinski definition) is 0. The molecule has 31 heavy (non-hydrogen) atoms. The summed E-state index contributed by atoms with van der Waals surface area (Å²) in [5.41, 5.74) is 0. The van der Waals surface area contributed by atoms with Gasteiger partial charge in [0, 0.05) is 6.54 Å². The van der Waals surface area contributed by atoms with Gasteiger partial charge in [0.2, 0.25) is 0 Å². The molecule has 182 valence electrons. The molecule has 5 heteroatoms. The minimum Gasteiger partial charge on any atom is -0.464 e. The van der Waals surface area contributed by atoms with Crippen LogP contribution in [0, 0.1) is 0 Å². The molecule has 1 atom stereocenters. The summed E-state index contributed by atoms with van der Waals surface area (Å²) in [5.74, 6) is -0.255. The third kappa shape index (κ3) is 13.7. The number of esters is 1. The molecule has 1 amide bonds. The standard InChI is InChI=1S/C26H49NO4/c1-3-5-7-9-10-11-12-13-14-15-19-22-30-25(28)24-20-16-17-21-27(24)26(29)31-23-18-8-6-4-2/h24H,3-23H2,1-2H3. The van der Waals surface area contributed by atoms with Crippen LogP contribution in [0.5, 0.6) is 0 Å². The highest BCUT2D eigenvalue weighted by Crippen LogP contribution is 2.20. The number of ether oxygens (including phenoxy) is 2. The van der Waals surface area contributed by atoms with E-state index in [0.717, 1.165) is 51.4 Å². The van der Waals surface area contributed by atoms with Gasteiger partial charge in [-0.25, -0.2) is 9.59 Å². The van der Waals surface area contributed by atoms with Gasteiger partial charge < -0.3 is 9.47 Å². The summed E-state index contributed by atoms with van der Waals surface area (Å²) < 4.78 is 10.9. The maximum Gasteiger partial charge on any atom is 0.410 e. The molecule has 5 nitrogen and oxygen atoms in total. The summed E-state index contributed by atoms with van der Waals surface area (Å²) in [4.78, 5) is 26.5. The van der Waals surface area contributed by atoms with Crippen LogP contribution in [0.25, 0.3) is 0 Å². The third-order valence-electron chi connectivity index (χ3n) is 6.23. The Bertz CT molecular complexity index is 455. The van der Waals surface area contributed by atoms with Crippen molar-refractivity contribution in [2.24, 2.45) is 0 Å². The van der Waals surface area contributed by atoms with Crippen molar-refractivity contribution in [3.63, 3.8) is 0 Å². The van der Waals surface area contributed by atoms with Crippen LogP contribution in [0.1, 0.15) is 129 Å². The number of amides is 1. The number of unbranched alkanes of at least 4 members (excludes halogenated alkanes) is 13. The van der Waals surface area contributed by atoms with Gasteiger partial charge in [-0.15, -0.1) is 0 Å². The predicted octanol–water partition coefficient (Wildman–Crippen LogP) is 7.41. The van der Waals surface area contributed by atoms with E-state index in [4.69, 9.17) is 9.47 Å². The third-order valence-corrected chi connectivity index (χ3v) is 6.23. The molecule has 0 aromatic heterocycles. The Labute approximate surface area is 191 Å². The molecule has 0 spiro atoms. The average Bonchev–Trinajstić information content (AvgIpc) is 2.79. The largest absolute Gasteiger partial charge is 0.464 e. The summed E-state index contributed by atoms with van der Waals surface area (Å²) >= 11 is 0. The fourth-order valence-corrected chi connectivity index (χ4v) is 4.20. The van der Waals surface area contributed by atoms with E-state index in [1.807, 2.05) is 0 Å². The van der Waals surface area contributed by atoms with Crippen molar-refractivity contribution in [3.05, 3.63) is 0 Å². The summed E-state index contributed by atoms with van der Waals surface area (Å²) in [6.07, 6.45) is 20.5. The van der Waals surface area contributed by atoms with Crippen LogP contribution >= 0.6 is 0 Å². The van der Waals surface area contributed by atoms with E-state index >= 15 is 0 Å². The average molecular weight is 440 g/mol. The fourth-order valence-electron chi connectivity index (χ4n) is 4.20. The molecular formula is C26H49NO4. The van der Waals surface area contributed by atoms with Gasteiger partial charge in [0.15, 0.2) is 0 Å². The van der Waals surface area contributed by atoms with Crippen LogP contribution in [0.15, 0.2) is 0 Å². The molecule has 0 N–H and O–H groups in total. The van der Waals surface area contributed by atoms with Crippen molar-refractivity contribution in [2.45, 2.75) is 135 Å². The molecule has 1 rings (SSSR count). The minimum atomic E-state index is -0.468. The molecule has 1 unspecified atom stereocenters. The number of likely N-dealkylation sites (tertiary alicyclic amines) is 1. The number of hydrogen-bond acceptors (Lipinski definition) is 4. The SMILES string of the molecule is CCCCCCCCCCCCCOC(=O)C1CCCCN1C(=O)OCCCCCC. The quantitative estimate of drug-likeness (QED) is 0.165. The first-order valence-corrected chi connectivity index (χ1v) is 13.3. The molecule has 0 aromatic carbocycles. The maximum atomic E-state index is 12.5. The molecule has 0 bridgehead atoms. The molecule has 0 aromatic rings. The topological polar surface area (TPSA) is 55.8 Å². The zero-order valence-corrected chi connectivity index (χ0v) is 20.5. The Morgan fingerprint density at radius 3 is 1.74 bits per heavy atom. The number of piperidine rings is 1. The van der Waals surface area contributed by atoms with Crippen molar-refractivity contribution < 1.29 is 19.1 Å². The van der Waals surface area contributed by atoms with Crippen molar-refractivity contribution in [2.75, 3.05) is 19.8 Å². The summed E-state index contributed by atoms with van der Waals surface area (Å²) in [6.45, 7) is 5.91. The number of carbonyl (C=O) groups excluding carboxylic acids is 2. The molecule has 0 aliphatic carbocycles. The Hall–Kier alpha value is -1.26. The predicted molar refractivity (Wildman–Crippen MR) is 127 cm³/mol. The second kappa shape index (κ2) is 19.4. The minimum absolute atomic E-state index is 0.255. The van der Waals surface area contributed by atoms with E-state index in [9.17, 15) is 9.59 Å². The van der Waals surface area contributed by atoms with E-state index in [1.54, 1.807) is 4.90 Å². The molecule has 1 aliphatic heterocycles. The summed E-state index contributed by atoms with van der Waals surface area (Å²) in [5, 5.41) is 0. The van der Waals surface area contributed by atoms with Gasteiger partial charge in [-0.2, -0.15) is 0 Å². The van der Waals surface area contributed by atoms with E-state index in [1.165, 1.54) is 57.8 Å². The molecular weight excluding hydrogens is 390 g/mol. The van der Waals surface area contributed by atoms with Gasteiger partial charge in [0.05, 0.1) is 13.2 Å². The molecule has 0 radical (unpaired) electrons. The van der Waals surface area contributed by atoms with E-state index in [0.29, 0.717) is 26.2 Å². The summed E-state index contributed by atoms with van der Waals surface area (Å²) in [7, 11) is 0. The van der Waals surface area contributed by atoms with Gasteiger partial charge in [0.1, 0.15) is 6.04 Å². The van der Waals surface area contributed by atoms with Crippen molar-refractivity contribution in [1.82, 2.24) is 4.90 Å². The Morgan fingerprint density at radius 2 is 1.16 bits per heavy atom. The van der Waals surface area contributed by atoms with E-state index in [2.05, 4.69) is 13.8 Å². The second-order valence-electron chi connectivity index (χ2n) is 9.08. The Morgan fingerprint density at radius 1 is 0.677 bits per heavy atom. The number of carbonyl (C=O) groups is 2. The second-order valence-corrected chi connectivity index (χ2v) is 9.08. The lowest BCUT2D eigenvalue weighted by molar-refractivity contribution is -0.150. The molecule has 0 saturated carbocycles. The maximum absolute atomic E-state index is 12.5. The van der Waals surface area contributed by atoms with Gasteiger partial charge in [-0.3, -0.25) is 4.90 Å². The number of nitrogens with zero attached hydrogens (tertiary/aromatic N) is 1. The van der Waals surface area contributed by atoms with Crippen LogP contribution in [0.2, 0.25) is 0 Å². The van der Waals surface area contributed by atoms with Crippen LogP contribution in [0.4, 0.5) is 4.79 Å². The van der Waals surface area contributed by atoms with Crippen LogP contribution in [0.3, 0.4) is 0 Å². The van der Waals surface area contributed by atoms with Crippen LogP contribution in [-0.2, 0) is 14.3 Å². The molecule has 1 saturated heterocycles. The fraction of sp³-hybridized carbons (Fsp3) is 0.923. The highest BCUT2D eigenvalue weighted by molar-refractivity contribution is 5.81. The number of rotatable bonds is 18. The molecule has 1 fully saturated rings. The van der Waals surface area contributed by atoms with Gasteiger partial charge in [0.25, 0.3) is 0 Å². The van der Waals surface area contributed by atoms with Gasteiger partial charge in [-0.05, 0) is 32.1 Å². The first kappa shape index (κ1) is 27.8. The zero-order chi connectivity index (χ0) is 22.6. The molecule has 1 aliphatic rings. The van der Waals surface area contributed by atoms with Gasteiger partial charge in [-0.1, -0.05) is 97.3 Å². The highest BCUT2D eigenvalue weighted by Gasteiger charge is 2.34. The lowest BCUT2D eigenvalue weighted by atomic mass is 10.0. The van der Waals surface area contributed by atoms with E-state index < -0.39 is 6.04 Å². The zero-order valence-electron chi connectivity index (χ0n) is 20.5. The van der Waals surface area contributed by atoms with E-state index in [-0.39, 0.29) is 12.1 Å². The summed E-state index contributed by atoms with van der Waals surface area (Å²) in [6, 6.07) is -0.468. The lowest BCUT2D eigenvalue weighted by Gasteiger charge is -2.33. The van der Waals surface area contributed by atoms with Crippen molar-refractivity contribution in [3.8, 4) is 0 Å². The first-order valence-electron chi connectivity index (χ1n) is 13.3.